The molecule has 0 N–H and O–H groups in total. The molecule has 8 aromatic carbocycles. The van der Waals surface area contributed by atoms with Gasteiger partial charge in [0.25, 0.3) is 6.33 Å². The second-order valence-electron chi connectivity index (χ2n) is 15.8. The van der Waals surface area contributed by atoms with Crippen LogP contribution in [-0.4, -0.2) is 23.3 Å². The highest BCUT2D eigenvalue weighted by molar-refractivity contribution is 6.40. The average Bonchev–Trinajstić information content (AvgIpc) is 4.07. The van der Waals surface area contributed by atoms with E-state index in [0.717, 1.165) is 72.9 Å². The minimum Gasteiger partial charge on any atom is -0.458 e. The van der Waals surface area contributed by atoms with Gasteiger partial charge in [0.15, 0.2) is 0 Å². The lowest BCUT2D eigenvalue weighted by molar-refractivity contribution is -0.572. The third kappa shape index (κ3) is 4.93. The summed E-state index contributed by atoms with van der Waals surface area (Å²) in [6, 6.07) is 68.0. The molecule has 0 aliphatic rings. The second kappa shape index (κ2) is 13.3. The molecule has 0 unspecified atom stereocenters. The Bertz CT molecular complexity index is 3890. The van der Waals surface area contributed by atoms with E-state index in [1.165, 1.54) is 38.0 Å². The summed E-state index contributed by atoms with van der Waals surface area (Å²) in [7, 11) is 2.19. The lowest BCUT2D eigenvalue weighted by atomic mass is 10.0. The molecule has 0 radical (unpaired) electrons. The van der Waals surface area contributed by atoms with Crippen LogP contribution in [0.1, 0.15) is 0 Å². The van der Waals surface area contributed by atoms with Gasteiger partial charge < -0.3 is 13.9 Å². The number of rotatable bonds is 6. The van der Waals surface area contributed by atoms with E-state index in [-0.39, 0.29) is 0 Å². The van der Waals surface area contributed by atoms with E-state index in [1.54, 1.807) is 0 Å². The van der Waals surface area contributed by atoms with Crippen molar-refractivity contribution in [3.63, 3.8) is 0 Å². The number of aryl methyl sites for hydroxylation is 1. The zero-order valence-corrected chi connectivity index (χ0v) is 33.6. The highest BCUT2D eigenvalue weighted by atomic mass is 16.5. The van der Waals surface area contributed by atoms with Gasteiger partial charge in [0, 0.05) is 62.8 Å². The Morgan fingerprint density at radius 1 is 0.468 bits per heavy atom. The van der Waals surface area contributed by atoms with Gasteiger partial charge in [-0.05, 0) is 78.9 Å². The molecule has 7 nitrogen and oxygen atoms in total. The molecule has 0 aliphatic carbocycles. The van der Waals surface area contributed by atoms with Gasteiger partial charge >= 0.3 is 0 Å². The van der Waals surface area contributed by atoms with Crippen molar-refractivity contribution in [1.29, 1.82) is 0 Å². The van der Waals surface area contributed by atoms with Crippen molar-refractivity contribution in [2.24, 2.45) is 7.05 Å². The SMILES string of the molecule is Cn1c2ccccc2c2c1c1c(c3ccc(Oc4cccc(-[n+]5[c-]n(-c6ccccc6)c6ccccc65)c4)cc3n1-c1ccccn1)c1c3ccccc3n(-c3ccccc3)c12. The lowest BCUT2D eigenvalue weighted by Crippen LogP contribution is -2.29. The fourth-order valence-corrected chi connectivity index (χ4v) is 9.86. The van der Waals surface area contributed by atoms with Crippen molar-refractivity contribution in [3.05, 3.63) is 207 Å². The first-order valence-electron chi connectivity index (χ1n) is 20.9. The van der Waals surface area contributed by atoms with Gasteiger partial charge in [0.2, 0.25) is 0 Å². The van der Waals surface area contributed by atoms with Crippen LogP contribution in [0.2, 0.25) is 0 Å². The summed E-state index contributed by atoms with van der Waals surface area (Å²) in [6.07, 6.45) is 5.49. The number of ether oxygens (including phenoxy) is 1. The van der Waals surface area contributed by atoms with Gasteiger partial charge in [-0.1, -0.05) is 109 Å². The Morgan fingerprint density at radius 3 is 1.90 bits per heavy atom. The summed E-state index contributed by atoms with van der Waals surface area (Å²) in [5, 5.41) is 7.14. The first kappa shape index (κ1) is 34.4. The summed E-state index contributed by atoms with van der Waals surface area (Å²) in [5.41, 5.74) is 12.0. The van der Waals surface area contributed by atoms with Crippen LogP contribution >= 0.6 is 0 Å². The van der Waals surface area contributed by atoms with E-state index in [9.17, 15) is 0 Å². The van der Waals surface area contributed by atoms with E-state index in [0.29, 0.717) is 0 Å². The van der Waals surface area contributed by atoms with E-state index >= 15 is 0 Å². The molecule has 5 heterocycles. The van der Waals surface area contributed by atoms with E-state index in [2.05, 4.69) is 206 Å². The minimum atomic E-state index is 0.726. The quantitative estimate of drug-likeness (QED) is 0.124. The zero-order valence-electron chi connectivity index (χ0n) is 33.6. The largest absolute Gasteiger partial charge is 0.458 e. The molecule has 0 spiro atoms. The van der Waals surface area contributed by atoms with Gasteiger partial charge in [-0.3, -0.25) is 13.7 Å². The predicted octanol–water partition coefficient (Wildman–Crippen LogP) is 12.7. The average molecular weight is 797 g/mol. The van der Waals surface area contributed by atoms with Gasteiger partial charge in [0.1, 0.15) is 17.3 Å². The monoisotopic (exact) mass is 796 g/mol. The van der Waals surface area contributed by atoms with Gasteiger partial charge in [-0.25, -0.2) is 4.98 Å². The Morgan fingerprint density at radius 2 is 1.11 bits per heavy atom. The van der Waals surface area contributed by atoms with Gasteiger partial charge in [-0.15, -0.1) is 0 Å². The van der Waals surface area contributed by atoms with Crippen LogP contribution in [0.25, 0.3) is 99.3 Å². The summed E-state index contributed by atoms with van der Waals surface area (Å²) < 4.78 is 18.2. The van der Waals surface area contributed by atoms with Crippen molar-refractivity contribution in [2.45, 2.75) is 0 Å². The van der Waals surface area contributed by atoms with Gasteiger partial charge in [0.05, 0.1) is 50.0 Å². The third-order valence-corrected chi connectivity index (χ3v) is 12.4. The van der Waals surface area contributed by atoms with Crippen LogP contribution in [0.3, 0.4) is 0 Å². The maximum atomic E-state index is 6.84. The smallest absolute Gasteiger partial charge is 0.269 e. The molecule has 0 bridgehead atoms. The van der Waals surface area contributed by atoms with Crippen molar-refractivity contribution in [3.8, 4) is 34.4 Å². The Labute approximate surface area is 355 Å². The summed E-state index contributed by atoms with van der Waals surface area (Å²) in [5.74, 6) is 2.29. The molecule has 5 aromatic heterocycles. The number of para-hydroxylation sites is 6. The highest BCUT2D eigenvalue weighted by Crippen LogP contribution is 2.49. The fraction of sp³-hybridized carbons (Fsp3) is 0.0182. The van der Waals surface area contributed by atoms with Crippen LogP contribution in [0.15, 0.2) is 200 Å². The van der Waals surface area contributed by atoms with Crippen LogP contribution in [0.4, 0.5) is 0 Å². The molecule has 13 aromatic rings. The topological polar surface area (TPSA) is 45.7 Å². The molecule has 0 saturated carbocycles. The van der Waals surface area contributed by atoms with Crippen LogP contribution in [-0.2, 0) is 7.05 Å². The van der Waals surface area contributed by atoms with E-state index in [4.69, 9.17) is 9.72 Å². The van der Waals surface area contributed by atoms with Crippen molar-refractivity contribution in [1.82, 2.24) is 23.3 Å². The maximum absolute atomic E-state index is 6.84. The van der Waals surface area contributed by atoms with Crippen molar-refractivity contribution >= 4 is 76.5 Å². The molecular weight excluding hydrogens is 761 g/mol. The van der Waals surface area contributed by atoms with Crippen LogP contribution in [0.5, 0.6) is 11.5 Å². The molecule has 292 valence electrons. The molecule has 0 atom stereocenters. The minimum absolute atomic E-state index is 0.726. The van der Waals surface area contributed by atoms with Crippen LogP contribution < -0.4 is 9.30 Å². The molecule has 0 aliphatic heterocycles. The first-order valence-corrected chi connectivity index (χ1v) is 20.9. The third-order valence-electron chi connectivity index (χ3n) is 12.4. The molecule has 13 rings (SSSR count). The summed E-state index contributed by atoms with van der Waals surface area (Å²) >= 11 is 0. The van der Waals surface area contributed by atoms with Gasteiger partial charge in [-0.2, -0.15) is 0 Å². The number of pyridine rings is 1. The summed E-state index contributed by atoms with van der Waals surface area (Å²) in [6.45, 7) is 0. The Kier molecular flexibility index (Phi) is 7.39. The van der Waals surface area contributed by atoms with Crippen molar-refractivity contribution in [2.75, 3.05) is 0 Å². The maximum Gasteiger partial charge on any atom is 0.269 e. The van der Waals surface area contributed by atoms with Crippen LogP contribution in [0, 0.1) is 6.33 Å². The predicted molar refractivity (Wildman–Crippen MR) is 251 cm³/mol. The number of hydrogen-bond donors (Lipinski definition) is 0. The number of aromatic nitrogens is 6. The second-order valence-corrected chi connectivity index (χ2v) is 15.8. The van der Waals surface area contributed by atoms with Crippen molar-refractivity contribution < 1.29 is 9.30 Å². The normalized spacial score (nSPS) is 12.0. The van der Waals surface area contributed by atoms with E-state index < -0.39 is 0 Å². The standard InChI is InChI=1S/C55H36N6O/c1-57-44-25-10-8-23-41(44)52-53-50(42-24-9-11-26-45(42)60(53)37-19-6-3-7-20-37)51-43-31-30-40(34-48(43)61(55(51)54(52)57)49-29-14-15-32-56-49)62-39-22-16-21-38(33-39)59-35-58(36-17-4-2-5-18-36)46-27-12-13-28-47(46)59/h2-34H,1H3. The molecular formula is C55H36N6O. The molecule has 0 fully saturated rings. The lowest BCUT2D eigenvalue weighted by Gasteiger charge is -2.12. The number of nitrogens with zero attached hydrogens (tertiary/aromatic N) is 6. The number of benzene rings is 8. The summed E-state index contributed by atoms with van der Waals surface area (Å²) in [4.78, 5) is 5.01. The first-order chi connectivity index (χ1) is 30.7. The zero-order chi connectivity index (χ0) is 40.9. The Balaban J connectivity index is 1.08. The fourth-order valence-electron chi connectivity index (χ4n) is 9.86. The molecule has 7 heteroatoms. The highest BCUT2D eigenvalue weighted by Gasteiger charge is 2.28. The number of hydrogen-bond acceptors (Lipinski definition) is 2. The van der Waals surface area contributed by atoms with E-state index in [1.807, 2.05) is 30.5 Å². The Hall–Kier alpha value is -8.42. The molecule has 0 amide bonds. The number of imidazole rings is 1. The molecule has 0 saturated heterocycles. The molecule has 62 heavy (non-hydrogen) atoms. The number of fused-ring (bicyclic) bond motifs is 13.